The minimum Gasteiger partial charge on any atom is -0.336 e. The number of carbonyl (C=O) groups excluding carboxylic acids is 1. The molecule has 1 heterocycles. The summed E-state index contributed by atoms with van der Waals surface area (Å²) < 4.78 is 1.35. The Morgan fingerprint density at radius 3 is 2.85 bits per heavy atom. The van der Waals surface area contributed by atoms with E-state index in [2.05, 4.69) is 15.5 Å². The van der Waals surface area contributed by atoms with Gasteiger partial charge in [-0.25, -0.2) is 4.68 Å². The van der Waals surface area contributed by atoms with Crippen molar-refractivity contribution >= 4 is 35.0 Å². The normalized spacial score (nSPS) is 12.2. The van der Waals surface area contributed by atoms with Crippen molar-refractivity contribution in [2.24, 2.45) is 0 Å². The Labute approximate surface area is 125 Å². The molecule has 1 atom stereocenters. The van der Waals surface area contributed by atoms with Crippen LogP contribution in [0.3, 0.4) is 0 Å². The lowest BCUT2D eigenvalue weighted by Gasteiger charge is -2.11. The first-order valence-electron chi connectivity index (χ1n) is 5.87. The summed E-state index contributed by atoms with van der Waals surface area (Å²) in [6.45, 7) is 3.52. The maximum Gasteiger partial charge on any atom is 0.237 e. The Hall–Kier alpha value is -1.73. The highest BCUT2D eigenvalue weighted by Gasteiger charge is 2.18. The van der Waals surface area contributed by atoms with Crippen LogP contribution in [-0.4, -0.2) is 26.0 Å². The SMILES string of the molecule is Cc1nnc(S[C@@H](C)C(=O)Nc2cccc(Cl)c2)n1N. The van der Waals surface area contributed by atoms with E-state index in [-0.39, 0.29) is 11.2 Å². The third kappa shape index (κ3) is 3.43. The Bertz CT molecular complexity index is 630. The number of anilines is 1. The topological polar surface area (TPSA) is 85.8 Å². The van der Waals surface area contributed by atoms with Crippen LogP contribution < -0.4 is 11.2 Å². The van der Waals surface area contributed by atoms with Crippen LogP contribution >= 0.6 is 23.4 Å². The number of nitrogen functional groups attached to an aromatic ring is 1. The number of rotatable bonds is 4. The first-order chi connectivity index (χ1) is 9.47. The Morgan fingerprint density at radius 1 is 1.50 bits per heavy atom. The monoisotopic (exact) mass is 311 g/mol. The molecule has 0 aliphatic carbocycles. The van der Waals surface area contributed by atoms with E-state index in [1.165, 1.54) is 16.4 Å². The predicted molar refractivity (Wildman–Crippen MR) is 80.3 cm³/mol. The summed E-state index contributed by atoms with van der Waals surface area (Å²) in [4.78, 5) is 12.1. The molecule has 0 fully saturated rings. The number of nitrogens with one attached hydrogen (secondary N) is 1. The number of thioether (sulfide) groups is 1. The van der Waals surface area contributed by atoms with E-state index < -0.39 is 0 Å². The zero-order valence-corrected chi connectivity index (χ0v) is 12.6. The summed E-state index contributed by atoms with van der Waals surface area (Å²) in [5, 5.41) is 11.2. The average Bonchev–Trinajstić information content (AvgIpc) is 2.70. The van der Waals surface area contributed by atoms with Gasteiger partial charge in [0.1, 0.15) is 5.82 Å². The molecule has 0 aliphatic rings. The van der Waals surface area contributed by atoms with Crippen LogP contribution in [0.2, 0.25) is 5.02 Å². The summed E-state index contributed by atoms with van der Waals surface area (Å²) in [5.74, 6) is 6.18. The van der Waals surface area contributed by atoms with Gasteiger partial charge in [-0.05, 0) is 32.0 Å². The number of halogens is 1. The molecule has 1 aromatic heterocycles. The van der Waals surface area contributed by atoms with Crippen LogP contribution in [0.1, 0.15) is 12.7 Å². The van der Waals surface area contributed by atoms with Gasteiger partial charge in [-0.2, -0.15) is 0 Å². The third-order valence-corrected chi connectivity index (χ3v) is 3.87. The fourth-order valence-corrected chi connectivity index (χ4v) is 2.46. The number of nitrogens with two attached hydrogens (primary N) is 1. The number of hydrogen-bond acceptors (Lipinski definition) is 5. The van der Waals surface area contributed by atoms with Gasteiger partial charge >= 0.3 is 0 Å². The van der Waals surface area contributed by atoms with Crippen molar-refractivity contribution in [2.75, 3.05) is 11.2 Å². The van der Waals surface area contributed by atoms with Crippen molar-refractivity contribution in [3.8, 4) is 0 Å². The van der Waals surface area contributed by atoms with E-state index in [4.69, 9.17) is 17.4 Å². The summed E-state index contributed by atoms with van der Waals surface area (Å²) in [5.41, 5.74) is 0.653. The van der Waals surface area contributed by atoms with Gasteiger partial charge in [0.15, 0.2) is 0 Å². The zero-order chi connectivity index (χ0) is 14.7. The Kier molecular flexibility index (Phi) is 4.51. The predicted octanol–water partition coefficient (Wildman–Crippen LogP) is 2.07. The minimum absolute atomic E-state index is 0.155. The molecule has 0 aliphatic heterocycles. The van der Waals surface area contributed by atoms with Gasteiger partial charge in [-0.1, -0.05) is 29.4 Å². The van der Waals surface area contributed by atoms with Crippen LogP contribution in [0.4, 0.5) is 5.69 Å². The standard InChI is InChI=1S/C12H14ClN5OS/c1-7(20-12-17-16-8(2)18(12)14)11(19)15-10-5-3-4-9(13)6-10/h3-7H,14H2,1-2H3,(H,15,19)/t7-/m0/s1. The highest BCUT2D eigenvalue weighted by Crippen LogP contribution is 2.22. The van der Waals surface area contributed by atoms with Gasteiger partial charge in [-0.3, -0.25) is 4.79 Å². The van der Waals surface area contributed by atoms with Gasteiger partial charge in [0.2, 0.25) is 11.1 Å². The van der Waals surface area contributed by atoms with Crippen LogP contribution in [0.5, 0.6) is 0 Å². The smallest absolute Gasteiger partial charge is 0.237 e. The van der Waals surface area contributed by atoms with E-state index in [0.717, 1.165) is 0 Å². The molecule has 1 amide bonds. The summed E-state index contributed by atoms with van der Waals surface area (Å²) in [6.07, 6.45) is 0. The molecule has 0 spiro atoms. The number of nitrogens with zero attached hydrogens (tertiary/aromatic N) is 3. The van der Waals surface area contributed by atoms with E-state index >= 15 is 0 Å². The van der Waals surface area contributed by atoms with Crippen molar-refractivity contribution in [3.63, 3.8) is 0 Å². The van der Waals surface area contributed by atoms with Crippen LogP contribution in [-0.2, 0) is 4.79 Å². The number of amides is 1. The highest BCUT2D eigenvalue weighted by atomic mass is 35.5. The fraction of sp³-hybridized carbons (Fsp3) is 0.250. The van der Waals surface area contributed by atoms with Crippen LogP contribution in [0, 0.1) is 6.92 Å². The molecule has 0 bridgehead atoms. The molecule has 106 valence electrons. The Balaban J connectivity index is 2.00. The maximum absolute atomic E-state index is 12.1. The molecule has 0 radical (unpaired) electrons. The maximum atomic E-state index is 12.1. The number of carbonyl (C=O) groups is 1. The minimum atomic E-state index is -0.361. The van der Waals surface area contributed by atoms with E-state index in [0.29, 0.717) is 21.7 Å². The third-order valence-electron chi connectivity index (χ3n) is 2.58. The highest BCUT2D eigenvalue weighted by molar-refractivity contribution is 8.00. The average molecular weight is 312 g/mol. The fourth-order valence-electron chi connectivity index (χ4n) is 1.45. The zero-order valence-electron chi connectivity index (χ0n) is 11.0. The van der Waals surface area contributed by atoms with Crippen molar-refractivity contribution in [2.45, 2.75) is 24.3 Å². The van der Waals surface area contributed by atoms with Crippen LogP contribution in [0.15, 0.2) is 29.4 Å². The first-order valence-corrected chi connectivity index (χ1v) is 7.13. The van der Waals surface area contributed by atoms with Gasteiger partial charge in [0, 0.05) is 10.7 Å². The summed E-state index contributed by atoms with van der Waals surface area (Å²) in [7, 11) is 0. The quantitative estimate of drug-likeness (QED) is 0.667. The summed E-state index contributed by atoms with van der Waals surface area (Å²) >= 11 is 7.11. The molecule has 0 saturated heterocycles. The second-order valence-electron chi connectivity index (χ2n) is 4.16. The van der Waals surface area contributed by atoms with Crippen molar-refractivity contribution in [1.82, 2.24) is 14.9 Å². The van der Waals surface area contributed by atoms with Crippen molar-refractivity contribution < 1.29 is 4.79 Å². The number of aryl methyl sites for hydroxylation is 1. The number of hydrogen-bond donors (Lipinski definition) is 2. The number of aromatic nitrogens is 3. The molecule has 8 heteroatoms. The van der Waals surface area contributed by atoms with E-state index in [1.807, 2.05) is 0 Å². The van der Waals surface area contributed by atoms with Crippen molar-refractivity contribution in [3.05, 3.63) is 35.1 Å². The molecule has 1 aromatic carbocycles. The number of benzene rings is 1. The molecule has 0 saturated carbocycles. The van der Waals surface area contributed by atoms with Gasteiger partial charge < -0.3 is 11.2 Å². The lowest BCUT2D eigenvalue weighted by atomic mass is 10.3. The molecule has 2 rings (SSSR count). The second kappa shape index (κ2) is 6.15. The largest absolute Gasteiger partial charge is 0.336 e. The lowest BCUT2D eigenvalue weighted by Crippen LogP contribution is -2.23. The van der Waals surface area contributed by atoms with E-state index in [1.54, 1.807) is 38.1 Å². The second-order valence-corrected chi connectivity index (χ2v) is 5.90. The molecule has 0 unspecified atom stereocenters. The molecular weight excluding hydrogens is 298 g/mol. The van der Waals surface area contributed by atoms with Crippen LogP contribution in [0.25, 0.3) is 0 Å². The van der Waals surface area contributed by atoms with Gasteiger partial charge in [0.25, 0.3) is 0 Å². The lowest BCUT2D eigenvalue weighted by molar-refractivity contribution is -0.115. The van der Waals surface area contributed by atoms with E-state index in [9.17, 15) is 4.79 Å². The van der Waals surface area contributed by atoms with Crippen molar-refractivity contribution in [1.29, 1.82) is 0 Å². The summed E-state index contributed by atoms with van der Waals surface area (Å²) in [6, 6.07) is 6.98. The Morgan fingerprint density at radius 2 is 2.25 bits per heavy atom. The van der Waals surface area contributed by atoms with Gasteiger partial charge in [-0.15, -0.1) is 10.2 Å². The van der Waals surface area contributed by atoms with Gasteiger partial charge in [0.05, 0.1) is 5.25 Å². The molecule has 2 aromatic rings. The molecular formula is C12H14ClN5OS. The molecule has 3 N–H and O–H groups in total. The first kappa shape index (κ1) is 14.7. The molecule has 6 nitrogen and oxygen atoms in total. The molecule has 20 heavy (non-hydrogen) atoms.